The number of aliphatic carboxylic acids is 1. The van der Waals surface area contributed by atoms with E-state index in [4.69, 9.17) is 14.6 Å². The number of benzene rings is 1. The molecule has 20 heavy (non-hydrogen) atoms. The Kier molecular flexibility index (Phi) is 4.95. The van der Waals surface area contributed by atoms with Crippen molar-refractivity contribution in [1.29, 1.82) is 0 Å². The Morgan fingerprint density at radius 2 is 2.10 bits per heavy atom. The number of carbonyl (C=O) groups is 2. The summed E-state index contributed by atoms with van der Waals surface area (Å²) in [6, 6.07) is 9.12. The summed E-state index contributed by atoms with van der Waals surface area (Å²) in [5.74, 6) is -1.01. The molecule has 2 rings (SSSR count). The van der Waals surface area contributed by atoms with E-state index in [1.807, 2.05) is 30.3 Å². The van der Waals surface area contributed by atoms with E-state index in [-0.39, 0.29) is 19.1 Å². The van der Waals surface area contributed by atoms with Gasteiger partial charge in [-0.3, -0.25) is 0 Å². The zero-order valence-corrected chi connectivity index (χ0v) is 11.0. The van der Waals surface area contributed by atoms with Crippen LogP contribution in [-0.2, 0) is 20.9 Å². The van der Waals surface area contributed by atoms with Crippen molar-refractivity contribution in [3.63, 3.8) is 0 Å². The highest BCUT2D eigenvalue weighted by Crippen LogP contribution is 2.14. The Balaban J connectivity index is 1.75. The molecule has 1 aromatic rings. The fourth-order valence-electron chi connectivity index (χ4n) is 2.03. The number of nitrogens with one attached hydrogen (secondary N) is 1. The van der Waals surface area contributed by atoms with E-state index >= 15 is 0 Å². The summed E-state index contributed by atoms with van der Waals surface area (Å²) in [5, 5.41) is 11.5. The molecule has 2 unspecified atom stereocenters. The van der Waals surface area contributed by atoms with Crippen molar-refractivity contribution in [3.8, 4) is 0 Å². The number of alkyl carbamates (subject to hydrolysis) is 1. The molecule has 0 bridgehead atoms. The number of carboxylic acid groups (broad SMARTS) is 1. The van der Waals surface area contributed by atoms with Gasteiger partial charge in [0.25, 0.3) is 0 Å². The molecule has 108 valence electrons. The third-order valence-corrected chi connectivity index (χ3v) is 3.09. The highest BCUT2D eigenvalue weighted by Gasteiger charge is 2.28. The van der Waals surface area contributed by atoms with Gasteiger partial charge in [-0.2, -0.15) is 0 Å². The van der Waals surface area contributed by atoms with Crippen LogP contribution in [-0.4, -0.2) is 35.9 Å². The number of rotatable bonds is 4. The van der Waals surface area contributed by atoms with E-state index in [2.05, 4.69) is 5.32 Å². The summed E-state index contributed by atoms with van der Waals surface area (Å²) in [7, 11) is 0. The van der Waals surface area contributed by atoms with E-state index < -0.39 is 18.2 Å². The monoisotopic (exact) mass is 279 g/mol. The molecule has 1 fully saturated rings. The van der Waals surface area contributed by atoms with Crippen molar-refractivity contribution in [3.05, 3.63) is 35.9 Å². The second kappa shape index (κ2) is 6.91. The lowest BCUT2D eigenvalue weighted by Crippen LogP contribution is -2.44. The maximum Gasteiger partial charge on any atom is 0.407 e. The summed E-state index contributed by atoms with van der Waals surface area (Å²) < 4.78 is 10.2. The van der Waals surface area contributed by atoms with Gasteiger partial charge in [-0.25, -0.2) is 9.59 Å². The first kappa shape index (κ1) is 14.3. The van der Waals surface area contributed by atoms with Gasteiger partial charge in [-0.1, -0.05) is 30.3 Å². The lowest BCUT2D eigenvalue weighted by atomic mass is 10.0. The normalized spacial score (nSPS) is 22.0. The van der Waals surface area contributed by atoms with Crippen molar-refractivity contribution in [1.82, 2.24) is 5.32 Å². The van der Waals surface area contributed by atoms with Crippen LogP contribution < -0.4 is 5.32 Å². The number of ether oxygens (including phenoxy) is 2. The number of hydrogen-bond donors (Lipinski definition) is 2. The van der Waals surface area contributed by atoms with Gasteiger partial charge >= 0.3 is 12.1 Å². The second-order valence-electron chi connectivity index (χ2n) is 4.63. The summed E-state index contributed by atoms with van der Waals surface area (Å²) in [6.45, 7) is 0.513. The predicted molar refractivity (Wildman–Crippen MR) is 70.2 cm³/mol. The fraction of sp³-hybridized carbons (Fsp3) is 0.429. The molecule has 0 aromatic heterocycles. The maximum absolute atomic E-state index is 11.6. The van der Waals surface area contributed by atoms with E-state index in [9.17, 15) is 9.59 Å². The summed E-state index contributed by atoms with van der Waals surface area (Å²) in [5.41, 5.74) is 0.901. The molecule has 0 radical (unpaired) electrons. The van der Waals surface area contributed by atoms with Crippen molar-refractivity contribution in [2.24, 2.45) is 0 Å². The van der Waals surface area contributed by atoms with Crippen LogP contribution >= 0.6 is 0 Å². The molecule has 0 aliphatic carbocycles. The highest BCUT2D eigenvalue weighted by atomic mass is 16.5. The van der Waals surface area contributed by atoms with Gasteiger partial charge in [0.2, 0.25) is 0 Å². The van der Waals surface area contributed by atoms with Crippen molar-refractivity contribution >= 4 is 12.1 Å². The summed E-state index contributed by atoms with van der Waals surface area (Å²) >= 11 is 0. The molecule has 1 saturated heterocycles. The van der Waals surface area contributed by atoms with Crippen LogP contribution in [0.15, 0.2) is 30.3 Å². The number of carboxylic acids is 1. The van der Waals surface area contributed by atoms with Gasteiger partial charge in [0, 0.05) is 19.1 Å². The molecule has 6 heteroatoms. The van der Waals surface area contributed by atoms with Gasteiger partial charge in [-0.15, -0.1) is 0 Å². The Morgan fingerprint density at radius 3 is 2.80 bits per heavy atom. The summed E-state index contributed by atoms with van der Waals surface area (Å²) in [6.07, 6.45) is -0.548. The Bertz CT molecular complexity index is 462. The molecule has 1 amide bonds. The minimum Gasteiger partial charge on any atom is -0.479 e. The first-order valence-electron chi connectivity index (χ1n) is 6.47. The van der Waals surface area contributed by atoms with Gasteiger partial charge in [0.05, 0.1) is 0 Å². The zero-order valence-electron chi connectivity index (χ0n) is 11.0. The predicted octanol–water partition coefficient (Wildman–Crippen LogP) is 1.54. The zero-order chi connectivity index (χ0) is 14.4. The molecule has 6 nitrogen and oxygen atoms in total. The number of amides is 1. The van der Waals surface area contributed by atoms with Crippen molar-refractivity contribution in [2.45, 2.75) is 31.6 Å². The molecular weight excluding hydrogens is 262 g/mol. The first-order chi connectivity index (χ1) is 9.65. The van der Waals surface area contributed by atoms with E-state index in [0.717, 1.165) is 5.56 Å². The highest BCUT2D eigenvalue weighted by molar-refractivity contribution is 5.73. The standard InChI is InChI=1S/C14H17NO5/c16-13(17)12-8-11(6-7-19-12)15-14(18)20-9-10-4-2-1-3-5-10/h1-5,11-12H,6-9H2,(H,15,18)(H,16,17). The molecular formula is C14H17NO5. The van der Waals surface area contributed by atoms with Gasteiger partial charge in [0.1, 0.15) is 6.61 Å². The SMILES string of the molecule is O=C(NC1CCOC(C(=O)O)C1)OCc1ccccc1. The number of hydrogen-bond acceptors (Lipinski definition) is 4. The largest absolute Gasteiger partial charge is 0.479 e. The molecule has 0 spiro atoms. The minimum absolute atomic E-state index is 0.193. The average Bonchev–Trinajstić information content (AvgIpc) is 2.46. The maximum atomic E-state index is 11.6. The van der Waals surface area contributed by atoms with Crippen LogP contribution in [0.2, 0.25) is 0 Å². The van der Waals surface area contributed by atoms with Crippen LogP contribution in [0.25, 0.3) is 0 Å². The Labute approximate surface area is 116 Å². The van der Waals surface area contributed by atoms with Crippen LogP contribution in [0.4, 0.5) is 4.79 Å². The fourth-order valence-corrected chi connectivity index (χ4v) is 2.03. The lowest BCUT2D eigenvalue weighted by Gasteiger charge is -2.27. The van der Waals surface area contributed by atoms with Crippen molar-refractivity contribution < 1.29 is 24.2 Å². The molecule has 1 aromatic carbocycles. The Morgan fingerprint density at radius 1 is 1.35 bits per heavy atom. The molecule has 1 heterocycles. The third kappa shape index (κ3) is 4.24. The first-order valence-corrected chi connectivity index (χ1v) is 6.47. The number of carbonyl (C=O) groups excluding carboxylic acids is 1. The van der Waals surface area contributed by atoms with Gasteiger partial charge < -0.3 is 19.9 Å². The molecule has 2 N–H and O–H groups in total. The second-order valence-corrected chi connectivity index (χ2v) is 4.63. The van der Waals surface area contributed by atoms with Gasteiger partial charge in [0.15, 0.2) is 6.10 Å². The minimum atomic E-state index is -1.01. The van der Waals surface area contributed by atoms with Gasteiger partial charge in [-0.05, 0) is 12.0 Å². The molecule has 1 aliphatic rings. The average molecular weight is 279 g/mol. The third-order valence-electron chi connectivity index (χ3n) is 3.09. The van der Waals surface area contributed by atoms with E-state index in [0.29, 0.717) is 13.0 Å². The molecule has 2 atom stereocenters. The van der Waals surface area contributed by atoms with E-state index in [1.165, 1.54) is 0 Å². The van der Waals surface area contributed by atoms with Crippen LogP contribution in [0.5, 0.6) is 0 Å². The topological polar surface area (TPSA) is 84.9 Å². The molecule has 1 aliphatic heterocycles. The quantitative estimate of drug-likeness (QED) is 0.873. The van der Waals surface area contributed by atoms with Crippen molar-refractivity contribution in [2.75, 3.05) is 6.61 Å². The summed E-state index contributed by atoms with van der Waals surface area (Å²) in [4.78, 5) is 22.5. The van der Waals surface area contributed by atoms with Crippen LogP contribution in [0.1, 0.15) is 18.4 Å². The Hall–Kier alpha value is -2.08. The van der Waals surface area contributed by atoms with E-state index in [1.54, 1.807) is 0 Å². The smallest absolute Gasteiger partial charge is 0.407 e. The van der Waals surface area contributed by atoms with Crippen LogP contribution in [0, 0.1) is 0 Å². The molecule has 0 saturated carbocycles. The van der Waals surface area contributed by atoms with Crippen LogP contribution in [0.3, 0.4) is 0 Å². The lowest BCUT2D eigenvalue weighted by molar-refractivity contribution is -0.153.